The second kappa shape index (κ2) is 4.66. The molecule has 1 heterocycles. The highest BCUT2D eigenvalue weighted by Gasteiger charge is 2.14. The van der Waals surface area contributed by atoms with Crippen molar-refractivity contribution in [2.24, 2.45) is 0 Å². The van der Waals surface area contributed by atoms with Gasteiger partial charge in [-0.3, -0.25) is 0 Å². The Morgan fingerprint density at radius 1 is 1.17 bits per heavy atom. The quantitative estimate of drug-likeness (QED) is 0.790. The maximum Gasteiger partial charge on any atom is 0.353 e. The van der Waals surface area contributed by atoms with Crippen LogP contribution in [-0.4, -0.2) is 25.2 Å². The first-order chi connectivity index (χ1) is 8.46. The first kappa shape index (κ1) is 12.4. The number of carbonyl (C=O) groups excluding carboxylic acids is 1. The first-order valence-electron chi connectivity index (χ1n) is 5.13. The van der Waals surface area contributed by atoms with Gasteiger partial charge in [-0.05, 0) is 30.3 Å². The van der Waals surface area contributed by atoms with Crippen molar-refractivity contribution in [3.8, 4) is 5.69 Å². The van der Waals surface area contributed by atoms with E-state index < -0.39 is 16.1 Å². The van der Waals surface area contributed by atoms with E-state index in [1.54, 1.807) is 22.8 Å². The molecule has 6 heteroatoms. The highest BCUT2D eigenvalue weighted by atomic mass is 32.2. The molecule has 0 atom stereocenters. The predicted octanol–water partition coefficient (Wildman–Crippen LogP) is 1.59. The van der Waals surface area contributed by atoms with E-state index in [1.165, 1.54) is 6.07 Å². The minimum Gasteiger partial charge on any atom is -0.341 e. The molecule has 2 aromatic rings. The average Bonchev–Trinajstić information content (AvgIpc) is 2.80. The molecule has 0 radical (unpaired) electrons. The Balaban J connectivity index is 2.31. The van der Waals surface area contributed by atoms with Crippen molar-refractivity contribution in [2.45, 2.75) is 0 Å². The van der Waals surface area contributed by atoms with Crippen molar-refractivity contribution in [2.75, 3.05) is 6.26 Å². The minimum atomic E-state index is -3.79. The SMILES string of the molecule is CS(=O)(=O)OC(=O)c1cccc(-n2cccc2)c1. The number of rotatable bonds is 3. The molecule has 0 saturated carbocycles. The fourth-order valence-corrected chi connectivity index (χ4v) is 1.86. The van der Waals surface area contributed by atoms with Crippen molar-refractivity contribution in [3.63, 3.8) is 0 Å². The van der Waals surface area contributed by atoms with Gasteiger partial charge in [0.25, 0.3) is 0 Å². The standard InChI is InChI=1S/C12H11NO4S/c1-18(15,16)17-12(14)10-5-4-6-11(9-10)13-7-2-3-8-13/h2-9H,1H3. The van der Waals surface area contributed by atoms with E-state index in [2.05, 4.69) is 4.18 Å². The summed E-state index contributed by atoms with van der Waals surface area (Å²) < 4.78 is 27.9. The van der Waals surface area contributed by atoms with Crippen molar-refractivity contribution in [1.29, 1.82) is 0 Å². The molecule has 5 nitrogen and oxygen atoms in total. The zero-order chi connectivity index (χ0) is 13.2. The van der Waals surface area contributed by atoms with Crippen molar-refractivity contribution < 1.29 is 17.4 Å². The van der Waals surface area contributed by atoms with E-state index in [0.717, 1.165) is 11.9 Å². The van der Waals surface area contributed by atoms with E-state index in [-0.39, 0.29) is 5.56 Å². The fourth-order valence-electron chi connectivity index (χ4n) is 1.49. The Labute approximate surface area is 105 Å². The molecule has 0 aliphatic rings. The van der Waals surface area contributed by atoms with Crippen LogP contribution in [0.15, 0.2) is 48.8 Å². The molecule has 18 heavy (non-hydrogen) atoms. The molecule has 94 valence electrons. The lowest BCUT2D eigenvalue weighted by atomic mass is 10.2. The maximum absolute atomic E-state index is 11.6. The Morgan fingerprint density at radius 2 is 1.83 bits per heavy atom. The van der Waals surface area contributed by atoms with Crippen LogP contribution < -0.4 is 0 Å². The van der Waals surface area contributed by atoms with E-state index in [1.807, 2.05) is 24.5 Å². The zero-order valence-corrected chi connectivity index (χ0v) is 10.4. The topological polar surface area (TPSA) is 65.4 Å². The first-order valence-corrected chi connectivity index (χ1v) is 6.94. The Morgan fingerprint density at radius 3 is 2.44 bits per heavy atom. The van der Waals surface area contributed by atoms with Gasteiger partial charge in [0.15, 0.2) is 0 Å². The molecule has 0 aliphatic carbocycles. The third kappa shape index (κ3) is 2.98. The summed E-state index contributed by atoms with van der Waals surface area (Å²) >= 11 is 0. The fraction of sp³-hybridized carbons (Fsp3) is 0.0833. The van der Waals surface area contributed by atoms with Crippen molar-refractivity contribution in [1.82, 2.24) is 4.57 Å². The number of benzene rings is 1. The van der Waals surface area contributed by atoms with E-state index in [9.17, 15) is 13.2 Å². The molecule has 0 saturated heterocycles. The lowest BCUT2D eigenvalue weighted by molar-refractivity contribution is 0.0748. The Kier molecular flexibility index (Phi) is 3.20. The summed E-state index contributed by atoms with van der Waals surface area (Å²) in [5.74, 6) is -0.883. The van der Waals surface area contributed by atoms with Crippen LogP contribution in [0.25, 0.3) is 5.69 Å². The summed E-state index contributed by atoms with van der Waals surface area (Å²) in [6.07, 6.45) is 4.47. The van der Waals surface area contributed by atoms with Gasteiger partial charge in [0.2, 0.25) is 0 Å². The molecule has 1 aromatic carbocycles. The lowest BCUT2D eigenvalue weighted by Crippen LogP contribution is -2.11. The van der Waals surface area contributed by atoms with Gasteiger partial charge in [-0.2, -0.15) is 8.42 Å². The normalized spacial score (nSPS) is 11.2. The summed E-state index contributed by atoms with van der Waals surface area (Å²) in [6.45, 7) is 0. The predicted molar refractivity (Wildman–Crippen MR) is 66.0 cm³/mol. The van der Waals surface area contributed by atoms with Crippen molar-refractivity contribution >= 4 is 16.1 Å². The number of hydrogen-bond acceptors (Lipinski definition) is 4. The van der Waals surface area contributed by atoms with Crippen LogP contribution in [0, 0.1) is 0 Å². The van der Waals surface area contributed by atoms with Crippen LogP contribution in [0.1, 0.15) is 10.4 Å². The molecule has 0 fully saturated rings. The summed E-state index contributed by atoms with van der Waals surface area (Å²) in [7, 11) is -3.79. The second-order valence-corrected chi connectivity index (χ2v) is 5.29. The smallest absolute Gasteiger partial charge is 0.341 e. The molecule has 0 bridgehead atoms. The largest absolute Gasteiger partial charge is 0.353 e. The van der Waals surface area contributed by atoms with Crippen LogP contribution >= 0.6 is 0 Å². The van der Waals surface area contributed by atoms with Crippen LogP contribution in [0.5, 0.6) is 0 Å². The molecule has 0 amide bonds. The van der Waals surface area contributed by atoms with Crippen LogP contribution in [0.2, 0.25) is 0 Å². The molecule has 0 spiro atoms. The van der Waals surface area contributed by atoms with Gasteiger partial charge in [0.05, 0.1) is 11.8 Å². The minimum absolute atomic E-state index is 0.187. The third-order valence-corrected chi connectivity index (χ3v) is 2.67. The number of nitrogens with zero attached hydrogens (tertiary/aromatic N) is 1. The highest BCUT2D eigenvalue weighted by molar-refractivity contribution is 7.86. The number of hydrogen-bond donors (Lipinski definition) is 0. The number of carbonyl (C=O) groups is 1. The summed E-state index contributed by atoms with van der Waals surface area (Å²) in [5.41, 5.74) is 0.939. The van der Waals surface area contributed by atoms with Crippen LogP contribution in [-0.2, 0) is 14.3 Å². The molecule has 0 N–H and O–H groups in total. The van der Waals surface area contributed by atoms with Gasteiger partial charge in [-0.25, -0.2) is 4.79 Å². The summed E-state index contributed by atoms with van der Waals surface area (Å²) in [6, 6.07) is 10.2. The summed E-state index contributed by atoms with van der Waals surface area (Å²) in [4.78, 5) is 11.6. The highest BCUT2D eigenvalue weighted by Crippen LogP contribution is 2.12. The number of aromatic nitrogens is 1. The average molecular weight is 265 g/mol. The van der Waals surface area contributed by atoms with E-state index in [4.69, 9.17) is 0 Å². The Hall–Kier alpha value is -2.08. The Bertz CT molecular complexity index is 659. The lowest BCUT2D eigenvalue weighted by Gasteiger charge is -2.05. The maximum atomic E-state index is 11.6. The van der Waals surface area contributed by atoms with Gasteiger partial charge >= 0.3 is 16.1 Å². The molecule has 2 rings (SSSR count). The monoisotopic (exact) mass is 265 g/mol. The van der Waals surface area contributed by atoms with E-state index in [0.29, 0.717) is 0 Å². The molecule has 1 aromatic heterocycles. The molecular weight excluding hydrogens is 254 g/mol. The van der Waals surface area contributed by atoms with Crippen LogP contribution in [0.3, 0.4) is 0 Å². The molecular formula is C12H11NO4S. The van der Waals surface area contributed by atoms with Crippen molar-refractivity contribution in [3.05, 3.63) is 54.4 Å². The van der Waals surface area contributed by atoms with Gasteiger partial charge in [0.1, 0.15) is 0 Å². The van der Waals surface area contributed by atoms with Gasteiger partial charge in [-0.15, -0.1) is 0 Å². The molecule has 0 aliphatic heterocycles. The van der Waals surface area contributed by atoms with E-state index >= 15 is 0 Å². The van der Waals surface area contributed by atoms with Gasteiger partial charge < -0.3 is 8.75 Å². The zero-order valence-electron chi connectivity index (χ0n) is 9.61. The third-order valence-electron chi connectivity index (χ3n) is 2.21. The van der Waals surface area contributed by atoms with Crippen LogP contribution in [0.4, 0.5) is 0 Å². The molecule has 0 unspecified atom stereocenters. The van der Waals surface area contributed by atoms with Gasteiger partial charge in [0, 0.05) is 18.1 Å². The second-order valence-electron chi connectivity index (χ2n) is 3.72. The summed E-state index contributed by atoms with van der Waals surface area (Å²) in [5, 5.41) is 0. The van der Waals surface area contributed by atoms with Gasteiger partial charge in [-0.1, -0.05) is 6.07 Å².